The topological polar surface area (TPSA) is 74.6 Å². The number of carbonyl (C=O) groups is 2. The van der Waals surface area contributed by atoms with E-state index in [2.05, 4.69) is 6.92 Å². The van der Waals surface area contributed by atoms with Crippen molar-refractivity contribution in [2.24, 2.45) is 0 Å². The van der Waals surface area contributed by atoms with Gasteiger partial charge in [0.15, 0.2) is 0 Å². The number of carboxylic acids is 2. The maximum atomic E-state index is 10.3. The van der Waals surface area contributed by atoms with E-state index >= 15 is 0 Å². The summed E-state index contributed by atoms with van der Waals surface area (Å²) in [4.78, 5) is 19.9. The third kappa shape index (κ3) is 30.8. The van der Waals surface area contributed by atoms with Gasteiger partial charge in [0.2, 0.25) is 0 Å². The summed E-state index contributed by atoms with van der Waals surface area (Å²) in [5.74, 6) is -1.36. The largest absolute Gasteiger partial charge is 0.481 e. The molecule has 2 N–H and O–H groups in total. The summed E-state index contributed by atoms with van der Waals surface area (Å²) in [5.41, 5.74) is 0. The highest BCUT2D eigenvalue weighted by molar-refractivity contribution is 5.66. The fourth-order valence-corrected chi connectivity index (χ4v) is 2.86. The Bertz CT molecular complexity index is 303. The van der Waals surface area contributed by atoms with Gasteiger partial charge in [-0.05, 0) is 12.8 Å². The summed E-state index contributed by atoms with van der Waals surface area (Å²) in [6.45, 7) is 4.11. The van der Waals surface area contributed by atoms with Gasteiger partial charge >= 0.3 is 11.9 Å². The molecule has 0 aliphatic heterocycles. The van der Waals surface area contributed by atoms with E-state index in [1.807, 2.05) is 6.92 Å². The number of hydrogen-bond acceptors (Lipinski definition) is 2. The predicted octanol–water partition coefficient (Wildman–Crippen LogP) is 7.20. The van der Waals surface area contributed by atoms with Crippen molar-refractivity contribution in [3.63, 3.8) is 0 Å². The number of rotatable bonds is 18. The quantitative estimate of drug-likeness (QED) is 0.249. The molecule has 0 atom stereocenters. The number of unbranched alkanes of at least 4 members (excludes halogenated alkanes) is 14. The van der Waals surface area contributed by atoms with Crippen molar-refractivity contribution in [1.82, 2.24) is 0 Å². The van der Waals surface area contributed by atoms with Crippen molar-refractivity contribution in [2.45, 2.75) is 129 Å². The Morgan fingerprint density at radius 3 is 1.00 bits per heavy atom. The van der Waals surface area contributed by atoms with Crippen LogP contribution in [-0.4, -0.2) is 22.2 Å². The van der Waals surface area contributed by atoms with Crippen molar-refractivity contribution < 1.29 is 19.8 Å². The average Bonchev–Trinajstić information content (AvgIpc) is 2.58. The first-order valence-electron chi connectivity index (χ1n) is 11.0. The summed E-state index contributed by atoms with van der Waals surface area (Å²) < 4.78 is 0. The Labute approximate surface area is 161 Å². The van der Waals surface area contributed by atoms with Crippen molar-refractivity contribution in [1.29, 1.82) is 0 Å². The molecule has 0 saturated heterocycles. The molecule has 0 bridgehead atoms. The van der Waals surface area contributed by atoms with Gasteiger partial charge in [-0.25, -0.2) is 0 Å². The van der Waals surface area contributed by atoms with Gasteiger partial charge in [-0.3, -0.25) is 9.59 Å². The molecular weight excluding hydrogens is 328 g/mol. The SMILES string of the molecule is CCCC(=O)O.CCCCCCCCCCCCCCCCCC(=O)O. The minimum absolute atomic E-state index is 0.292. The lowest BCUT2D eigenvalue weighted by Crippen LogP contribution is -1.93. The van der Waals surface area contributed by atoms with Crippen LogP contribution < -0.4 is 0 Å². The predicted molar refractivity (Wildman–Crippen MR) is 110 cm³/mol. The van der Waals surface area contributed by atoms with Gasteiger partial charge in [0.05, 0.1) is 0 Å². The van der Waals surface area contributed by atoms with E-state index in [-0.39, 0.29) is 0 Å². The van der Waals surface area contributed by atoms with Crippen molar-refractivity contribution in [2.75, 3.05) is 0 Å². The zero-order chi connectivity index (χ0) is 19.9. The molecule has 0 aromatic carbocycles. The Morgan fingerprint density at radius 1 is 0.462 bits per heavy atom. The molecule has 0 aromatic rings. The fourth-order valence-electron chi connectivity index (χ4n) is 2.86. The fraction of sp³-hybridized carbons (Fsp3) is 0.909. The summed E-state index contributed by atoms with van der Waals surface area (Å²) in [7, 11) is 0. The van der Waals surface area contributed by atoms with Gasteiger partial charge < -0.3 is 10.2 Å². The summed E-state index contributed by atoms with van der Waals surface area (Å²) in [6, 6.07) is 0. The van der Waals surface area contributed by atoms with Gasteiger partial charge in [0.1, 0.15) is 0 Å². The zero-order valence-corrected chi connectivity index (χ0v) is 17.4. The minimum atomic E-state index is -0.711. The number of aliphatic carboxylic acids is 2. The molecular formula is C22H44O4. The van der Waals surface area contributed by atoms with Gasteiger partial charge in [-0.1, -0.05) is 104 Å². The van der Waals surface area contributed by atoms with E-state index in [0.29, 0.717) is 12.8 Å². The molecule has 156 valence electrons. The summed E-state index contributed by atoms with van der Waals surface area (Å²) >= 11 is 0. The molecule has 4 heteroatoms. The monoisotopic (exact) mass is 372 g/mol. The molecule has 0 aliphatic rings. The molecule has 0 heterocycles. The molecule has 4 nitrogen and oxygen atoms in total. The Kier molecular flexibility index (Phi) is 25.0. The molecule has 0 fully saturated rings. The van der Waals surface area contributed by atoms with Gasteiger partial charge in [-0.15, -0.1) is 0 Å². The minimum Gasteiger partial charge on any atom is -0.481 e. The first kappa shape index (κ1) is 27.2. The average molecular weight is 373 g/mol. The second kappa shape index (κ2) is 23.9. The molecule has 0 aromatic heterocycles. The van der Waals surface area contributed by atoms with Crippen LogP contribution in [0.4, 0.5) is 0 Å². The summed E-state index contributed by atoms with van der Waals surface area (Å²) in [5, 5.41) is 16.4. The van der Waals surface area contributed by atoms with E-state index in [9.17, 15) is 9.59 Å². The Balaban J connectivity index is 0. The van der Waals surface area contributed by atoms with Crippen LogP contribution in [0.2, 0.25) is 0 Å². The van der Waals surface area contributed by atoms with Crippen LogP contribution in [0.3, 0.4) is 0 Å². The van der Waals surface area contributed by atoms with Gasteiger partial charge in [0.25, 0.3) is 0 Å². The zero-order valence-electron chi connectivity index (χ0n) is 17.4. The normalized spacial score (nSPS) is 10.2. The standard InChI is InChI=1S/C18H36O2.C4H8O2/c1-2-3-4-5-6-7-8-9-10-11-12-13-14-15-16-17-18(19)20;1-2-3-4(5)6/h2-17H2,1H3,(H,19,20);2-3H2,1H3,(H,5,6). The third-order valence-electron chi connectivity index (χ3n) is 4.46. The van der Waals surface area contributed by atoms with Crippen LogP contribution in [0.5, 0.6) is 0 Å². The second-order valence-corrected chi connectivity index (χ2v) is 7.24. The summed E-state index contributed by atoms with van der Waals surface area (Å²) in [6.07, 6.45) is 21.2. The maximum absolute atomic E-state index is 10.3. The van der Waals surface area contributed by atoms with Crippen molar-refractivity contribution >= 4 is 11.9 Å². The Morgan fingerprint density at radius 2 is 0.769 bits per heavy atom. The first-order valence-corrected chi connectivity index (χ1v) is 11.0. The second-order valence-electron chi connectivity index (χ2n) is 7.24. The van der Waals surface area contributed by atoms with E-state index < -0.39 is 11.9 Å². The van der Waals surface area contributed by atoms with Crippen LogP contribution in [0.1, 0.15) is 129 Å². The highest BCUT2D eigenvalue weighted by atomic mass is 16.4. The molecule has 0 rings (SSSR count). The highest BCUT2D eigenvalue weighted by Crippen LogP contribution is 2.13. The van der Waals surface area contributed by atoms with E-state index in [1.165, 1.54) is 83.5 Å². The van der Waals surface area contributed by atoms with E-state index in [4.69, 9.17) is 10.2 Å². The highest BCUT2D eigenvalue weighted by Gasteiger charge is 1.97. The lowest BCUT2D eigenvalue weighted by molar-refractivity contribution is -0.138. The van der Waals surface area contributed by atoms with E-state index in [1.54, 1.807) is 0 Å². The smallest absolute Gasteiger partial charge is 0.303 e. The van der Waals surface area contributed by atoms with Crippen LogP contribution in [0, 0.1) is 0 Å². The molecule has 26 heavy (non-hydrogen) atoms. The van der Waals surface area contributed by atoms with Crippen LogP contribution in [0.15, 0.2) is 0 Å². The first-order chi connectivity index (χ1) is 12.5. The third-order valence-corrected chi connectivity index (χ3v) is 4.46. The maximum Gasteiger partial charge on any atom is 0.303 e. The molecule has 0 aliphatic carbocycles. The molecule has 0 spiro atoms. The van der Waals surface area contributed by atoms with E-state index in [0.717, 1.165) is 19.3 Å². The van der Waals surface area contributed by atoms with Gasteiger partial charge in [-0.2, -0.15) is 0 Å². The molecule has 0 unspecified atom stereocenters. The molecule has 0 radical (unpaired) electrons. The van der Waals surface area contributed by atoms with Crippen LogP contribution in [-0.2, 0) is 9.59 Å². The molecule has 0 amide bonds. The van der Waals surface area contributed by atoms with Crippen molar-refractivity contribution in [3.8, 4) is 0 Å². The van der Waals surface area contributed by atoms with Crippen LogP contribution >= 0.6 is 0 Å². The lowest BCUT2D eigenvalue weighted by Gasteiger charge is -2.03. The lowest BCUT2D eigenvalue weighted by atomic mass is 10.0. The molecule has 0 saturated carbocycles. The number of hydrogen-bond donors (Lipinski definition) is 2. The Hall–Kier alpha value is -1.06. The number of carboxylic acid groups (broad SMARTS) is 2. The van der Waals surface area contributed by atoms with Crippen molar-refractivity contribution in [3.05, 3.63) is 0 Å². The van der Waals surface area contributed by atoms with Crippen LogP contribution in [0.25, 0.3) is 0 Å². The van der Waals surface area contributed by atoms with Gasteiger partial charge in [0, 0.05) is 12.8 Å².